The zero-order valence-corrected chi connectivity index (χ0v) is 11.9. The van der Waals surface area contributed by atoms with Gasteiger partial charge in [0.2, 0.25) is 5.91 Å². The highest BCUT2D eigenvalue weighted by molar-refractivity contribution is 5.78. The van der Waals surface area contributed by atoms with Crippen LogP contribution in [-0.2, 0) is 4.79 Å². The molecule has 4 nitrogen and oxygen atoms in total. The minimum absolute atomic E-state index is 0.0626. The fraction of sp³-hybridized carbons (Fsp3) is 0.667. The zero-order valence-electron chi connectivity index (χ0n) is 11.9. The van der Waals surface area contributed by atoms with Gasteiger partial charge < -0.3 is 9.73 Å². The Morgan fingerprint density at radius 1 is 1.58 bits per heavy atom. The second-order valence-corrected chi connectivity index (χ2v) is 5.33. The lowest BCUT2D eigenvalue weighted by Crippen LogP contribution is -2.45. The van der Waals surface area contributed by atoms with Crippen LogP contribution < -0.4 is 5.32 Å². The van der Waals surface area contributed by atoms with E-state index in [9.17, 15) is 4.79 Å². The first-order chi connectivity index (χ1) is 9.20. The van der Waals surface area contributed by atoms with Gasteiger partial charge in [-0.1, -0.05) is 13.3 Å². The number of carbonyl (C=O) groups is 1. The van der Waals surface area contributed by atoms with Gasteiger partial charge in [-0.15, -0.1) is 0 Å². The van der Waals surface area contributed by atoms with Crippen LogP contribution >= 0.6 is 0 Å². The Morgan fingerprint density at radius 2 is 2.42 bits per heavy atom. The van der Waals surface area contributed by atoms with Gasteiger partial charge in [-0.25, -0.2) is 0 Å². The second kappa shape index (κ2) is 6.75. The molecule has 0 radical (unpaired) electrons. The minimum atomic E-state index is -0.0626. The summed E-state index contributed by atoms with van der Waals surface area (Å²) in [5.74, 6) is 0.892. The third kappa shape index (κ3) is 3.83. The maximum absolute atomic E-state index is 12.1. The summed E-state index contributed by atoms with van der Waals surface area (Å²) in [6, 6.07) is 4.24. The van der Waals surface area contributed by atoms with Crippen LogP contribution in [0.5, 0.6) is 0 Å². The van der Waals surface area contributed by atoms with E-state index in [-0.39, 0.29) is 11.9 Å². The predicted molar refractivity (Wildman–Crippen MR) is 74.8 cm³/mol. The molecule has 2 rings (SSSR count). The molecular formula is C15H24N2O2. The number of carbonyl (C=O) groups excluding carboxylic acids is 1. The molecule has 1 fully saturated rings. The molecule has 1 N–H and O–H groups in total. The van der Waals surface area contributed by atoms with Crippen molar-refractivity contribution in [3.8, 4) is 0 Å². The van der Waals surface area contributed by atoms with Crippen molar-refractivity contribution in [1.82, 2.24) is 10.2 Å². The number of amides is 1. The van der Waals surface area contributed by atoms with Crippen LogP contribution in [0.1, 0.15) is 51.3 Å². The van der Waals surface area contributed by atoms with Gasteiger partial charge in [0.1, 0.15) is 5.76 Å². The molecule has 0 spiro atoms. The van der Waals surface area contributed by atoms with Crippen molar-refractivity contribution < 1.29 is 9.21 Å². The first-order valence-electron chi connectivity index (χ1n) is 7.27. The van der Waals surface area contributed by atoms with Gasteiger partial charge in [0.25, 0.3) is 0 Å². The van der Waals surface area contributed by atoms with Gasteiger partial charge in [0.05, 0.1) is 18.8 Å². The predicted octanol–water partition coefficient (Wildman–Crippen LogP) is 2.72. The van der Waals surface area contributed by atoms with Gasteiger partial charge >= 0.3 is 0 Å². The molecule has 0 saturated carbocycles. The summed E-state index contributed by atoms with van der Waals surface area (Å²) in [7, 11) is 0. The third-order valence-corrected chi connectivity index (χ3v) is 3.91. The highest BCUT2D eigenvalue weighted by atomic mass is 16.3. The average Bonchev–Trinajstić information content (AvgIpc) is 2.93. The standard InChI is InChI=1S/C15H24N2O2/c1-3-13-7-4-5-9-17(13)11-15(18)16-12(2)14-8-6-10-19-14/h6,8,10,12-13H,3-5,7,9,11H2,1-2H3,(H,16,18)/t12-,13-/m1/s1. The van der Waals surface area contributed by atoms with E-state index in [0.717, 1.165) is 18.7 Å². The monoisotopic (exact) mass is 264 g/mol. The minimum Gasteiger partial charge on any atom is -0.467 e. The Bertz CT molecular complexity index is 389. The molecule has 0 aromatic carbocycles. The highest BCUT2D eigenvalue weighted by Crippen LogP contribution is 2.19. The zero-order chi connectivity index (χ0) is 13.7. The molecule has 2 heterocycles. The molecule has 0 unspecified atom stereocenters. The van der Waals surface area contributed by atoms with Crippen LogP contribution in [-0.4, -0.2) is 29.9 Å². The van der Waals surface area contributed by atoms with Crippen LogP contribution in [0.4, 0.5) is 0 Å². The van der Waals surface area contributed by atoms with Crippen molar-refractivity contribution in [2.75, 3.05) is 13.1 Å². The van der Waals surface area contributed by atoms with E-state index in [4.69, 9.17) is 4.42 Å². The smallest absolute Gasteiger partial charge is 0.234 e. The lowest BCUT2D eigenvalue weighted by molar-refractivity contribution is -0.124. The molecular weight excluding hydrogens is 240 g/mol. The molecule has 19 heavy (non-hydrogen) atoms. The quantitative estimate of drug-likeness (QED) is 0.889. The summed E-state index contributed by atoms with van der Waals surface area (Å²) in [6.45, 7) is 5.70. The maximum atomic E-state index is 12.1. The van der Waals surface area contributed by atoms with Crippen molar-refractivity contribution in [3.05, 3.63) is 24.2 Å². The molecule has 106 valence electrons. The molecule has 1 aliphatic rings. The lowest BCUT2D eigenvalue weighted by atomic mass is 10.00. The molecule has 2 atom stereocenters. The Kier molecular flexibility index (Phi) is 5.02. The van der Waals surface area contributed by atoms with E-state index >= 15 is 0 Å². The summed E-state index contributed by atoms with van der Waals surface area (Å²) >= 11 is 0. The summed E-state index contributed by atoms with van der Waals surface area (Å²) in [4.78, 5) is 14.4. The number of hydrogen-bond donors (Lipinski definition) is 1. The summed E-state index contributed by atoms with van der Waals surface area (Å²) in [6.07, 6.45) is 6.48. The van der Waals surface area contributed by atoms with Crippen LogP contribution in [0.15, 0.2) is 22.8 Å². The van der Waals surface area contributed by atoms with Crippen molar-refractivity contribution in [3.63, 3.8) is 0 Å². The third-order valence-electron chi connectivity index (χ3n) is 3.91. The second-order valence-electron chi connectivity index (χ2n) is 5.33. The van der Waals surface area contributed by atoms with E-state index in [0.29, 0.717) is 12.6 Å². The SMILES string of the molecule is CC[C@@H]1CCCCN1CC(=O)N[C@H](C)c1ccco1. The molecule has 1 aliphatic heterocycles. The number of likely N-dealkylation sites (tertiary alicyclic amines) is 1. The Morgan fingerprint density at radius 3 is 3.11 bits per heavy atom. The number of nitrogens with one attached hydrogen (secondary N) is 1. The Labute approximate surface area is 115 Å². The Balaban J connectivity index is 1.83. The van der Waals surface area contributed by atoms with Crippen molar-refractivity contribution in [1.29, 1.82) is 0 Å². The first kappa shape index (κ1) is 14.1. The average molecular weight is 264 g/mol. The molecule has 1 saturated heterocycles. The number of hydrogen-bond acceptors (Lipinski definition) is 3. The van der Waals surface area contributed by atoms with Gasteiger partial charge in [-0.3, -0.25) is 9.69 Å². The van der Waals surface area contributed by atoms with E-state index in [1.165, 1.54) is 19.3 Å². The van der Waals surface area contributed by atoms with Crippen molar-refractivity contribution in [2.24, 2.45) is 0 Å². The van der Waals surface area contributed by atoms with E-state index in [2.05, 4.69) is 17.1 Å². The van der Waals surface area contributed by atoms with Gasteiger partial charge in [-0.2, -0.15) is 0 Å². The first-order valence-corrected chi connectivity index (χ1v) is 7.27. The molecule has 0 bridgehead atoms. The van der Waals surface area contributed by atoms with Gasteiger partial charge in [0.15, 0.2) is 0 Å². The largest absolute Gasteiger partial charge is 0.467 e. The Hall–Kier alpha value is -1.29. The van der Waals surface area contributed by atoms with E-state index < -0.39 is 0 Å². The number of furan rings is 1. The summed E-state index contributed by atoms with van der Waals surface area (Å²) < 4.78 is 5.30. The van der Waals surface area contributed by atoms with Crippen LogP contribution in [0.25, 0.3) is 0 Å². The fourth-order valence-corrected chi connectivity index (χ4v) is 2.81. The van der Waals surface area contributed by atoms with Crippen LogP contribution in [0, 0.1) is 0 Å². The number of nitrogens with zero attached hydrogens (tertiary/aromatic N) is 1. The topological polar surface area (TPSA) is 45.5 Å². The maximum Gasteiger partial charge on any atom is 0.234 e. The molecule has 1 aromatic rings. The van der Waals surface area contributed by atoms with Crippen LogP contribution in [0.3, 0.4) is 0 Å². The number of piperidine rings is 1. The van der Waals surface area contributed by atoms with Crippen molar-refractivity contribution >= 4 is 5.91 Å². The fourth-order valence-electron chi connectivity index (χ4n) is 2.81. The molecule has 1 aromatic heterocycles. The van der Waals surface area contributed by atoms with E-state index in [1.54, 1.807) is 6.26 Å². The van der Waals surface area contributed by atoms with Gasteiger partial charge in [0, 0.05) is 6.04 Å². The normalized spacial score (nSPS) is 22.1. The van der Waals surface area contributed by atoms with Crippen LogP contribution in [0.2, 0.25) is 0 Å². The van der Waals surface area contributed by atoms with Gasteiger partial charge in [-0.05, 0) is 44.9 Å². The number of rotatable bonds is 5. The summed E-state index contributed by atoms with van der Waals surface area (Å²) in [5, 5.41) is 3.00. The molecule has 1 amide bonds. The molecule has 0 aliphatic carbocycles. The van der Waals surface area contributed by atoms with E-state index in [1.807, 2.05) is 19.1 Å². The highest BCUT2D eigenvalue weighted by Gasteiger charge is 2.23. The molecule has 4 heteroatoms. The van der Waals surface area contributed by atoms with Crippen molar-refractivity contribution in [2.45, 2.75) is 51.6 Å². The lowest BCUT2D eigenvalue weighted by Gasteiger charge is -2.34. The summed E-state index contributed by atoms with van der Waals surface area (Å²) in [5.41, 5.74) is 0.